The van der Waals surface area contributed by atoms with E-state index in [-0.39, 0.29) is 0 Å². The lowest BCUT2D eigenvalue weighted by atomic mass is 10.1. The molecule has 0 aliphatic heterocycles. The van der Waals surface area contributed by atoms with Gasteiger partial charge >= 0.3 is 0 Å². The monoisotopic (exact) mass is 260 g/mol. The van der Waals surface area contributed by atoms with Crippen LogP contribution in [0.1, 0.15) is 16.7 Å². The summed E-state index contributed by atoms with van der Waals surface area (Å²) in [6, 6.07) is 10.4. The molecule has 0 unspecified atom stereocenters. The highest BCUT2D eigenvalue weighted by Gasteiger charge is 2.08. The Balaban J connectivity index is 2.37. The number of hydrogen-bond acceptors (Lipinski definition) is 2. The molecular weight excluding hydrogens is 244 g/mol. The van der Waals surface area contributed by atoms with Crippen LogP contribution in [0.4, 0.5) is 11.5 Å². The normalized spacial score (nSPS) is 10.4. The molecule has 0 radical (unpaired) electrons. The predicted molar refractivity (Wildman–Crippen MR) is 77.8 cm³/mol. The number of hydrogen-bond donors (Lipinski definition) is 0. The lowest BCUT2D eigenvalue weighted by molar-refractivity contribution is 1.10. The van der Waals surface area contributed by atoms with Gasteiger partial charge in [0.05, 0.1) is 0 Å². The summed E-state index contributed by atoms with van der Waals surface area (Å²) in [5.74, 6) is 1.43. The number of aromatic nitrogens is 1. The van der Waals surface area contributed by atoms with E-state index in [9.17, 15) is 0 Å². The molecule has 2 rings (SSSR count). The minimum Gasteiger partial charge on any atom is -0.329 e. The van der Waals surface area contributed by atoms with Crippen molar-refractivity contribution in [3.63, 3.8) is 0 Å². The van der Waals surface area contributed by atoms with E-state index in [1.165, 1.54) is 16.8 Å². The Kier molecular flexibility index (Phi) is 3.87. The van der Waals surface area contributed by atoms with Gasteiger partial charge in [-0.05, 0) is 43.2 Å². The van der Waals surface area contributed by atoms with E-state index in [1.54, 1.807) is 6.20 Å². The average molecular weight is 261 g/mol. The van der Waals surface area contributed by atoms with Crippen LogP contribution in [0.15, 0.2) is 36.5 Å². The van der Waals surface area contributed by atoms with Crippen molar-refractivity contribution in [1.82, 2.24) is 4.98 Å². The quantitative estimate of drug-likeness (QED) is 0.769. The third kappa shape index (κ3) is 2.65. The molecular formula is C15H17ClN2. The molecule has 1 heterocycles. The summed E-state index contributed by atoms with van der Waals surface area (Å²) in [6.45, 7) is 4.22. The second-order valence-electron chi connectivity index (χ2n) is 4.50. The zero-order valence-corrected chi connectivity index (χ0v) is 11.7. The Labute approximate surface area is 113 Å². The van der Waals surface area contributed by atoms with E-state index in [1.807, 2.05) is 19.2 Å². The fraction of sp³-hybridized carbons (Fsp3) is 0.267. The minimum atomic E-state index is 0.510. The van der Waals surface area contributed by atoms with Crippen molar-refractivity contribution in [2.75, 3.05) is 11.9 Å². The Morgan fingerprint density at radius 2 is 1.94 bits per heavy atom. The van der Waals surface area contributed by atoms with Crippen molar-refractivity contribution in [3.8, 4) is 0 Å². The number of benzene rings is 1. The zero-order valence-electron chi connectivity index (χ0n) is 10.9. The van der Waals surface area contributed by atoms with Gasteiger partial charge in [0, 0.05) is 24.8 Å². The molecule has 0 atom stereocenters. The number of nitrogens with zero attached hydrogens (tertiary/aromatic N) is 2. The number of aryl methyl sites for hydroxylation is 2. The van der Waals surface area contributed by atoms with Gasteiger partial charge in [0.2, 0.25) is 0 Å². The third-order valence-electron chi connectivity index (χ3n) is 3.02. The van der Waals surface area contributed by atoms with Crippen LogP contribution >= 0.6 is 11.6 Å². The van der Waals surface area contributed by atoms with E-state index < -0.39 is 0 Å². The van der Waals surface area contributed by atoms with Crippen molar-refractivity contribution in [2.45, 2.75) is 19.7 Å². The van der Waals surface area contributed by atoms with Crippen LogP contribution in [0.2, 0.25) is 0 Å². The van der Waals surface area contributed by atoms with Crippen molar-refractivity contribution in [2.24, 2.45) is 0 Å². The maximum Gasteiger partial charge on any atom is 0.132 e. The van der Waals surface area contributed by atoms with E-state index in [4.69, 9.17) is 11.6 Å². The summed E-state index contributed by atoms with van der Waals surface area (Å²) in [6.07, 6.45) is 1.80. The molecule has 0 N–H and O–H groups in total. The largest absolute Gasteiger partial charge is 0.329 e. The maximum atomic E-state index is 5.86. The lowest BCUT2D eigenvalue weighted by Crippen LogP contribution is -2.12. The molecule has 94 valence electrons. The molecule has 0 saturated heterocycles. The van der Waals surface area contributed by atoms with Crippen LogP contribution in [0, 0.1) is 13.8 Å². The Hall–Kier alpha value is -1.54. The molecule has 18 heavy (non-hydrogen) atoms. The summed E-state index contributed by atoms with van der Waals surface area (Å²) in [5, 5.41) is 0. The molecule has 0 bridgehead atoms. The standard InChI is InChI=1S/C15H17ClN2/c1-11-4-5-14(12(2)8-11)18(3)15-9-13(10-16)6-7-17-15/h4-9H,10H2,1-3H3. The fourth-order valence-electron chi connectivity index (χ4n) is 2.03. The topological polar surface area (TPSA) is 16.1 Å². The van der Waals surface area contributed by atoms with E-state index >= 15 is 0 Å². The highest BCUT2D eigenvalue weighted by atomic mass is 35.5. The summed E-state index contributed by atoms with van der Waals surface area (Å²) in [7, 11) is 2.03. The third-order valence-corrected chi connectivity index (χ3v) is 3.33. The van der Waals surface area contributed by atoms with E-state index in [0.717, 1.165) is 11.4 Å². The number of anilines is 2. The first-order chi connectivity index (χ1) is 8.61. The van der Waals surface area contributed by atoms with Crippen LogP contribution in [0.3, 0.4) is 0 Å². The second kappa shape index (κ2) is 5.40. The number of alkyl halides is 1. The minimum absolute atomic E-state index is 0.510. The van der Waals surface area contributed by atoms with Crippen molar-refractivity contribution in [3.05, 3.63) is 53.2 Å². The highest BCUT2D eigenvalue weighted by Crippen LogP contribution is 2.26. The number of halogens is 1. The predicted octanol–water partition coefficient (Wildman–Crippen LogP) is 4.21. The molecule has 1 aromatic carbocycles. The van der Waals surface area contributed by atoms with Crippen LogP contribution in [-0.4, -0.2) is 12.0 Å². The number of rotatable bonds is 3. The van der Waals surface area contributed by atoms with Crippen molar-refractivity contribution >= 4 is 23.1 Å². The van der Waals surface area contributed by atoms with Gasteiger partial charge in [-0.1, -0.05) is 17.7 Å². The molecule has 0 spiro atoms. The lowest BCUT2D eigenvalue weighted by Gasteiger charge is -2.21. The first-order valence-corrected chi connectivity index (χ1v) is 6.47. The Bertz CT molecular complexity index is 552. The summed E-state index contributed by atoms with van der Waals surface area (Å²) in [4.78, 5) is 6.48. The Morgan fingerprint density at radius 1 is 1.17 bits per heavy atom. The van der Waals surface area contributed by atoms with E-state index in [0.29, 0.717) is 5.88 Å². The van der Waals surface area contributed by atoms with Crippen molar-refractivity contribution < 1.29 is 0 Å². The van der Waals surface area contributed by atoms with Crippen LogP contribution in [0.25, 0.3) is 0 Å². The molecule has 0 aliphatic carbocycles. The summed E-state index contributed by atoms with van der Waals surface area (Å²) in [5.41, 5.74) is 4.76. The van der Waals surface area contributed by atoms with Gasteiger partial charge in [-0.25, -0.2) is 4.98 Å². The fourth-order valence-corrected chi connectivity index (χ4v) is 2.20. The SMILES string of the molecule is Cc1ccc(N(C)c2cc(CCl)ccn2)c(C)c1. The van der Waals surface area contributed by atoms with Gasteiger partial charge in [0.25, 0.3) is 0 Å². The molecule has 2 nitrogen and oxygen atoms in total. The number of pyridine rings is 1. The summed E-state index contributed by atoms with van der Waals surface area (Å²) >= 11 is 5.86. The maximum absolute atomic E-state index is 5.86. The first-order valence-electron chi connectivity index (χ1n) is 5.93. The van der Waals surface area contributed by atoms with Gasteiger partial charge in [-0.2, -0.15) is 0 Å². The molecule has 2 aromatic rings. The average Bonchev–Trinajstić information content (AvgIpc) is 2.38. The van der Waals surface area contributed by atoms with Gasteiger partial charge < -0.3 is 4.90 Å². The summed E-state index contributed by atoms with van der Waals surface area (Å²) < 4.78 is 0. The zero-order chi connectivity index (χ0) is 13.1. The van der Waals surface area contributed by atoms with E-state index in [2.05, 4.69) is 41.9 Å². The smallest absolute Gasteiger partial charge is 0.132 e. The highest BCUT2D eigenvalue weighted by molar-refractivity contribution is 6.17. The van der Waals surface area contributed by atoms with Crippen molar-refractivity contribution in [1.29, 1.82) is 0 Å². The van der Waals surface area contributed by atoms with Gasteiger partial charge in [0.1, 0.15) is 5.82 Å². The molecule has 0 aliphatic rings. The Morgan fingerprint density at radius 3 is 2.61 bits per heavy atom. The van der Waals surface area contributed by atoms with Crippen LogP contribution in [-0.2, 0) is 5.88 Å². The molecule has 0 amide bonds. The molecule has 0 fully saturated rings. The van der Waals surface area contributed by atoms with Crippen LogP contribution in [0.5, 0.6) is 0 Å². The van der Waals surface area contributed by atoms with Crippen LogP contribution < -0.4 is 4.90 Å². The first kappa shape index (κ1) is 12.9. The second-order valence-corrected chi connectivity index (χ2v) is 4.77. The van der Waals surface area contributed by atoms with Gasteiger partial charge in [-0.15, -0.1) is 11.6 Å². The molecule has 1 aromatic heterocycles. The van der Waals surface area contributed by atoms with Gasteiger partial charge in [-0.3, -0.25) is 0 Å². The van der Waals surface area contributed by atoms with Gasteiger partial charge in [0.15, 0.2) is 0 Å². The molecule has 3 heteroatoms. The molecule has 0 saturated carbocycles.